The molecule has 0 aliphatic heterocycles. The summed E-state index contributed by atoms with van der Waals surface area (Å²) < 4.78 is 5.13. The van der Waals surface area contributed by atoms with Crippen molar-refractivity contribution in [2.24, 2.45) is 0 Å². The molecule has 3 aromatic rings. The van der Waals surface area contributed by atoms with E-state index >= 15 is 0 Å². The molecule has 0 saturated carbocycles. The lowest BCUT2D eigenvalue weighted by atomic mass is 10.1. The van der Waals surface area contributed by atoms with Crippen LogP contribution < -0.4 is 5.32 Å². The van der Waals surface area contributed by atoms with Gasteiger partial charge in [0, 0.05) is 24.4 Å². The number of benzene rings is 2. The molecule has 1 heterocycles. The third-order valence-electron chi connectivity index (χ3n) is 4.43. The number of para-hydroxylation sites is 1. The van der Waals surface area contributed by atoms with E-state index in [0.717, 1.165) is 23.8 Å². The molecule has 0 bridgehead atoms. The largest absolute Gasteiger partial charge is 0.453 e. The standard InChI is InChI=1S/C23H22N2O4/c1-16(26)24-14-4-5-17-8-10-19(11-9-17)22(27)15-29-23(28)21-13-12-18-6-2-3-7-20(18)25-21/h2-3,6-13H,4-5,14-15H2,1H3,(H,24,26). The van der Waals surface area contributed by atoms with Gasteiger partial charge in [0.05, 0.1) is 5.52 Å². The van der Waals surface area contributed by atoms with E-state index in [4.69, 9.17) is 4.74 Å². The number of nitrogens with one attached hydrogen (secondary N) is 1. The number of aromatic nitrogens is 1. The molecule has 0 atom stereocenters. The number of carbonyl (C=O) groups is 3. The molecule has 0 aliphatic carbocycles. The van der Waals surface area contributed by atoms with Gasteiger partial charge in [-0.15, -0.1) is 0 Å². The summed E-state index contributed by atoms with van der Waals surface area (Å²) in [6.07, 6.45) is 1.63. The smallest absolute Gasteiger partial charge is 0.357 e. The molecule has 1 N–H and O–H groups in total. The Kier molecular flexibility index (Phi) is 6.68. The number of pyridine rings is 1. The molecule has 0 radical (unpaired) electrons. The minimum atomic E-state index is -0.626. The first-order valence-electron chi connectivity index (χ1n) is 9.42. The van der Waals surface area contributed by atoms with Crippen molar-refractivity contribution in [3.05, 3.63) is 77.5 Å². The highest BCUT2D eigenvalue weighted by molar-refractivity contribution is 5.99. The molecule has 0 fully saturated rings. The maximum Gasteiger partial charge on any atom is 0.357 e. The molecular formula is C23H22N2O4. The monoisotopic (exact) mass is 390 g/mol. The number of ether oxygens (including phenoxy) is 1. The number of amides is 1. The van der Waals surface area contributed by atoms with Gasteiger partial charge >= 0.3 is 5.97 Å². The topological polar surface area (TPSA) is 85.4 Å². The van der Waals surface area contributed by atoms with Crippen molar-refractivity contribution in [1.29, 1.82) is 0 Å². The average molecular weight is 390 g/mol. The summed E-state index contributed by atoms with van der Waals surface area (Å²) >= 11 is 0. The molecule has 0 spiro atoms. The minimum Gasteiger partial charge on any atom is -0.453 e. The van der Waals surface area contributed by atoms with Gasteiger partial charge in [0.15, 0.2) is 12.4 Å². The summed E-state index contributed by atoms with van der Waals surface area (Å²) in [4.78, 5) is 39.6. The summed E-state index contributed by atoms with van der Waals surface area (Å²) in [5.41, 5.74) is 2.42. The van der Waals surface area contributed by atoms with E-state index in [9.17, 15) is 14.4 Å². The van der Waals surface area contributed by atoms with Crippen LogP contribution in [0.2, 0.25) is 0 Å². The molecule has 1 aromatic heterocycles. The molecule has 0 aliphatic rings. The van der Waals surface area contributed by atoms with E-state index < -0.39 is 5.97 Å². The lowest BCUT2D eigenvalue weighted by molar-refractivity contribution is -0.118. The van der Waals surface area contributed by atoms with Crippen LogP contribution >= 0.6 is 0 Å². The number of Topliss-reactive ketones (excluding diaryl/α,β-unsaturated/α-hetero) is 1. The summed E-state index contributed by atoms with van der Waals surface area (Å²) in [5, 5.41) is 3.68. The molecule has 6 nitrogen and oxygen atoms in total. The van der Waals surface area contributed by atoms with Crippen LogP contribution in [0.25, 0.3) is 10.9 Å². The van der Waals surface area contributed by atoms with Crippen LogP contribution in [-0.2, 0) is 16.0 Å². The Bertz CT molecular complexity index is 1030. The predicted molar refractivity (Wildman–Crippen MR) is 110 cm³/mol. The Morgan fingerprint density at radius 3 is 2.48 bits per heavy atom. The van der Waals surface area contributed by atoms with E-state index in [0.29, 0.717) is 17.6 Å². The van der Waals surface area contributed by atoms with E-state index in [1.54, 1.807) is 24.3 Å². The molecule has 1 amide bonds. The van der Waals surface area contributed by atoms with E-state index in [1.807, 2.05) is 36.4 Å². The van der Waals surface area contributed by atoms with Crippen molar-refractivity contribution in [2.75, 3.05) is 13.2 Å². The van der Waals surface area contributed by atoms with Gasteiger partial charge in [-0.2, -0.15) is 0 Å². The van der Waals surface area contributed by atoms with Gasteiger partial charge in [0.25, 0.3) is 0 Å². The number of carbonyl (C=O) groups excluding carboxylic acids is 3. The second-order valence-corrected chi connectivity index (χ2v) is 6.67. The van der Waals surface area contributed by atoms with Gasteiger partial charge < -0.3 is 10.1 Å². The number of ketones is 1. The lowest BCUT2D eigenvalue weighted by Gasteiger charge is -2.06. The van der Waals surface area contributed by atoms with Gasteiger partial charge in [-0.25, -0.2) is 9.78 Å². The number of hydrogen-bond acceptors (Lipinski definition) is 5. The van der Waals surface area contributed by atoms with Gasteiger partial charge in [-0.1, -0.05) is 48.5 Å². The van der Waals surface area contributed by atoms with E-state index in [1.165, 1.54) is 6.92 Å². The minimum absolute atomic E-state index is 0.0422. The molecule has 0 unspecified atom stereocenters. The van der Waals surface area contributed by atoms with Crippen LogP contribution in [0.5, 0.6) is 0 Å². The van der Waals surface area contributed by atoms with Crippen molar-refractivity contribution in [2.45, 2.75) is 19.8 Å². The molecular weight excluding hydrogens is 368 g/mol. The SMILES string of the molecule is CC(=O)NCCCc1ccc(C(=O)COC(=O)c2ccc3ccccc3n2)cc1. The molecule has 29 heavy (non-hydrogen) atoms. The Labute approximate surface area is 168 Å². The normalized spacial score (nSPS) is 10.5. The fraction of sp³-hybridized carbons (Fsp3) is 0.217. The maximum atomic E-state index is 12.3. The highest BCUT2D eigenvalue weighted by atomic mass is 16.5. The highest BCUT2D eigenvalue weighted by Gasteiger charge is 2.13. The van der Waals surface area contributed by atoms with Crippen molar-refractivity contribution in [1.82, 2.24) is 10.3 Å². The quantitative estimate of drug-likeness (QED) is 0.362. The van der Waals surface area contributed by atoms with Crippen molar-refractivity contribution in [3.63, 3.8) is 0 Å². The second kappa shape index (κ2) is 9.59. The Balaban J connectivity index is 1.51. The van der Waals surface area contributed by atoms with Crippen LogP contribution in [0.1, 0.15) is 39.8 Å². The van der Waals surface area contributed by atoms with E-state index in [2.05, 4.69) is 10.3 Å². The Morgan fingerprint density at radius 1 is 0.966 bits per heavy atom. The van der Waals surface area contributed by atoms with Crippen LogP contribution in [0.3, 0.4) is 0 Å². The first kappa shape index (κ1) is 20.2. The summed E-state index contributed by atoms with van der Waals surface area (Å²) in [7, 11) is 0. The fourth-order valence-corrected chi connectivity index (χ4v) is 2.88. The zero-order valence-electron chi connectivity index (χ0n) is 16.2. The molecule has 3 rings (SSSR count). The second-order valence-electron chi connectivity index (χ2n) is 6.67. The van der Waals surface area contributed by atoms with Crippen LogP contribution in [0.4, 0.5) is 0 Å². The molecule has 2 aromatic carbocycles. The zero-order valence-corrected chi connectivity index (χ0v) is 16.2. The Morgan fingerprint density at radius 2 is 1.72 bits per heavy atom. The first-order valence-corrected chi connectivity index (χ1v) is 9.42. The van der Waals surface area contributed by atoms with Crippen LogP contribution in [0.15, 0.2) is 60.7 Å². The number of hydrogen-bond donors (Lipinski definition) is 1. The molecule has 148 valence electrons. The molecule has 0 saturated heterocycles. The average Bonchev–Trinajstić information content (AvgIpc) is 2.74. The van der Waals surface area contributed by atoms with Crippen molar-refractivity contribution < 1.29 is 19.1 Å². The number of esters is 1. The first-order chi connectivity index (χ1) is 14.0. The van der Waals surface area contributed by atoms with E-state index in [-0.39, 0.29) is 24.0 Å². The maximum absolute atomic E-state index is 12.3. The van der Waals surface area contributed by atoms with Crippen LogP contribution in [0, 0.1) is 0 Å². The van der Waals surface area contributed by atoms with Crippen LogP contribution in [-0.4, -0.2) is 35.8 Å². The summed E-state index contributed by atoms with van der Waals surface area (Å²) in [6, 6.07) is 18.0. The van der Waals surface area contributed by atoms with Gasteiger partial charge in [0.2, 0.25) is 5.91 Å². The third kappa shape index (κ3) is 5.72. The lowest BCUT2D eigenvalue weighted by Crippen LogP contribution is -2.21. The summed E-state index contributed by atoms with van der Waals surface area (Å²) in [6.45, 7) is 1.77. The Hall–Kier alpha value is -3.54. The zero-order chi connectivity index (χ0) is 20.6. The van der Waals surface area contributed by atoms with Gasteiger partial charge in [-0.3, -0.25) is 9.59 Å². The molecule has 6 heteroatoms. The van der Waals surface area contributed by atoms with Crippen molar-refractivity contribution in [3.8, 4) is 0 Å². The number of nitrogens with zero attached hydrogens (tertiary/aromatic N) is 1. The number of rotatable bonds is 8. The van der Waals surface area contributed by atoms with Crippen molar-refractivity contribution >= 4 is 28.6 Å². The summed E-state index contributed by atoms with van der Waals surface area (Å²) in [5.74, 6) is -0.943. The number of fused-ring (bicyclic) bond motifs is 1. The third-order valence-corrected chi connectivity index (χ3v) is 4.43. The van der Waals surface area contributed by atoms with Gasteiger partial charge in [0.1, 0.15) is 5.69 Å². The van der Waals surface area contributed by atoms with Gasteiger partial charge in [-0.05, 0) is 30.5 Å². The highest BCUT2D eigenvalue weighted by Crippen LogP contribution is 2.13. The predicted octanol–water partition coefficient (Wildman–Crippen LogP) is 3.34. The fourth-order valence-electron chi connectivity index (χ4n) is 2.88. The number of aryl methyl sites for hydroxylation is 1.